The van der Waals surface area contributed by atoms with Crippen LogP contribution >= 0.6 is 0 Å². The maximum absolute atomic E-state index is 11.9. The van der Waals surface area contributed by atoms with Crippen LogP contribution in [0.5, 0.6) is 0 Å². The summed E-state index contributed by atoms with van der Waals surface area (Å²) in [7, 11) is 0. The molecule has 8 heavy (non-hydrogen) atoms. The van der Waals surface area contributed by atoms with Crippen LogP contribution in [0.4, 0.5) is 4.39 Å². The topological polar surface area (TPSA) is 39.6 Å². The Morgan fingerprint density at radius 1 is 1.75 bits per heavy atom. The number of aromatic nitrogens is 1. The van der Waals surface area contributed by atoms with Crippen LogP contribution in [-0.4, -0.2) is 4.98 Å². The number of nitriles is 1. The zero-order chi connectivity index (χ0) is 5.98. The van der Waals surface area contributed by atoms with Crippen molar-refractivity contribution in [1.82, 2.24) is 4.98 Å². The Labute approximate surface area is 45.6 Å². The van der Waals surface area contributed by atoms with Gasteiger partial charge in [0.1, 0.15) is 17.6 Å². The molecule has 1 aromatic heterocycles. The molecule has 0 aliphatic carbocycles. The molecule has 2 nitrogen and oxygen atoms in total. The van der Waals surface area contributed by atoms with Crippen molar-refractivity contribution >= 4 is 0 Å². The summed E-state index contributed by atoms with van der Waals surface area (Å²) in [5.41, 5.74) is 0.252. The molecule has 0 spiro atoms. The molecule has 1 N–H and O–H groups in total. The summed E-state index contributed by atoms with van der Waals surface area (Å²) in [6.07, 6.45) is 1.14. The fraction of sp³-hybridized carbons (Fsp3) is 0. The highest BCUT2D eigenvalue weighted by atomic mass is 19.1. The Morgan fingerprint density at radius 3 is 2.75 bits per heavy atom. The van der Waals surface area contributed by atoms with Gasteiger partial charge in [-0.2, -0.15) is 5.26 Å². The van der Waals surface area contributed by atoms with Crippen molar-refractivity contribution in [3.8, 4) is 6.07 Å². The summed E-state index contributed by atoms with van der Waals surface area (Å²) in [5, 5.41) is 8.10. The minimum atomic E-state index is -0.401. The Balaban J connectivity index is 3.05. The van der Waals surface area contributed by atoms with Crippen LogP contribution in [0.3, 0.4) is 0 Å². The second-order valence-corrected chi connectivity index (χ2v) is 1.34. The second kappa shape index (κ2) is 1.66. The molecule has 0 atom stereocenters. The number of aromatic amines is 1. The van der Waals surface area contributed by atoms with Crippen LogP contribution in [0, 0.1) is 17.1 Å². The van der Waals surface area contributed by atoms with Crippen LogP contribution in [0.25, 0.3) is 0 Å². The van der Waals surface area contributed by atoms with Gasteiger partial charge in [0.2, 0.25) is 0 Å². The van der Waals surface area contributed by atoms with Gasteiger partial charge in [-0.05, 0) is 0 Å². The van der Waals surface area contributed by atoms with Crippen LogP contribution in [0.15, 0.2) is 12.3 Å². The predicted octanol–water partition coefficient (Wildman–Crippen LogP) is 1.03. The molecule has 1 rings (SSSR count). The van der Waals surface area contributed by atoms with Gasteiger partial charge in [-0.15, -0.1) is 0 Å². The van der Waals surface area contributed by atoms with Crippen LogP contribution in [0.1, 0.15) is 5.69 Å². The highest BCUT2D eigenvalue weighted by molar-refractivity contribution is 5.20. The molecule has 0 saturated carbocycles. The molecule has 3 heteroatoms. The lowest BCUT2D eigenvalue weighted by Crippen LogP contribution is -1.64. The van der Waals surface area contributed by atoms with Crippen LogP contribution in [0.2, 0.25) is 0 Å². The molecule has 0 fully saturated rings. The van der Waals surface area contributed by atoms with E-state index in [0.717, 1.165) is 12.3 Å². The molecule has 0 aliphatic rings. The van der Waals surface area contributed by atoms with Gasteiger partial charge in [0.15, 0.2) is 0 Å². The number of rotatable bonds is 0. The summed E-state index contributed by atoms with van der Waals surface area (Å²) < 4.78 is 11.9. The molecular weight excluding hydrogens is 107 g/mol. The Bertz CT molecular complexity index is 221. The summed E-state index contributed by atoms with van der Waals surface area (Å²) in [5.74, 6) is -0.401. The Morgan fingerprint density at radius 2 is 2.50 bits per heavy atom. The van der Waals surface area contributed by atoms with Crippen molar-refractivity contribution in [1.29, 1.82) is 5.26 Å². The van der Waals surface area contributed by atoms with Crippen molar-refractivity contribution in [3.05, 3.63) is 23.8 Å². The minimum Gasteiger partial charge on any atom is -0.350 e. The van der Waals surface area contributed by atoms with Gasteiger partial charge >= 0.3 is 0 Å². The maximum Gasteiger partial charge on any atom is 0.141 e. The van der Waals surface area contributed by atoms with E-state index in [1.165, 1.54) is 0 Å². The Hall–Kier alpha value is -1.30. The van der Waals surface area contributed by atoms with Gasteiger partial charge in [0.25, 0.3) is 0 Å². The molecule has 0 aromatic carbocycles. The minimum absolute atomic E-state index is 0.252. The highest BCUT2D eigenvalue weighted by Gasteiger charge is 1.92. The molecule has 1 heterocycles. The second-order valence-electron chi connectivity index (χ2n) is 1.34. The van der Waals surface area contributed by atoms with E-state index < -0.39 is 5.82 Å². The lowest BCUT2D eigenvalue weighted by Gasteiger charge is -1.66. The van der Waals surface area contributed by atoms with Gasteiger partial charge in [0, 0.05) is 12.3 Å². The Kier molecular flexibility index (Phi) is 1.01. The first-order chi connectivity index (χ1) is 3.83. The number of nitrogens with one attached hydrogen (secondary N) is 1. The number of hydrogen-bond acceptors (Lipinski definition) is 1. The SMILES string of the molecule is N#Cc1cc(F)c[nH]1. The summed E-state index contributed by atoms with van der Waals surface area (Å²) in [6, 6.07) is 2.89. The zero-order valence-corrected chi connectivity index (χ0v) is 3.98. The van der Waals surface area contributed by atoms with Crippen molar-refractivity contribution in [2.45, 2.75) is 0 Å². The van der Waals surface area contributed by atoms with E-state index >= 15 is 0 Å². The normalized spacial score (nSPS) is 8.50. The van der Waals surface area contributed by atoms with Gasteiger partial charge in [0.05, 0.1) is 0 Å². The lowest BCUT2D eigenvalue weighted by atomic mass is 10.5. The molecule has 0 unspecified atom stereocenters. The van der Waals surface area contributed by atoms with E-state index in [0.29, 0.717) is 0 Å². The molecule has 40 valence electrons. The summed E-state index contributed by atoms with van der Waals surface area (Å²) in [6.45, 7) is 0. The van der Waals surface area contributed by atoms with E-state index in [1.54, 1.807) is 6.07 Å². The average Bonchev–Trinajstić information content (AvgIpc) is 2.14. The quantitative estimate of drug-likeness (QED) is 0.532. The van der Waals surface area contributed by atoms with E-state index in [2.05, 4.69) is 4.98 Å². The van der Waals surface area contributed by atoms with E-state index in [9.17, 15) is 4.39 Å². The maximum atomic E-state index is 11.9. The van der Waals surface area contributed by atoms with Crippen molar-refractivity contribution in [3.63, 3.8) is 0 Å². The van der Waals surface area contributed by atoms with Gasteiger partial charge in [-0.1, -0.05) is 0 Å². The summed E-state index contributed by atoms with van der Waals surface area (Å²) in [4.78, 5) is 2.42. The number of hydrogen-bond donors (Lipinski definition) is 1. The third kappa shape index (κ3) is 0.684. The molecular formula is C5H3FN2. The standard InChI is InChI=1S/C5H3FN2/c6-4-1-5(2-7)8-3-4/h1,3,8H. The lowest BCUT2D eigenvalue weighted by molar-refractivity contribution is 0.629. The third-order valence-corrected chi connectivity index (χ3v) is 0.768. The van der Waals surface area contributed by atoms with Gasteiger partial charge < -0.3 is 4.98 Å². The van der Waals surface area contributed by atoms with Crippen LogP contribution < -0.4 is 0 Å². The molecule has 0 aliphatic heterocycles. The predicted molar refractivity (Wildman–Crippen MR) is 25.5 cm³/mol. The zero-order valence-electron chi connectivity index (χ0n) is 3.98. The molecule has 0 amide bonds. The first kappa shape index (κ1) is 4.85. The summed E-state index contributed by atoms with van der Waals surface area (Å²) >= 11 is 0. The van der Waals surface area contributed by atoms with Crippen LogP contribution in [-0.2, 0) is 0 Å². The smallest absolute Gasteiger partial charge is 0.141 e. The van der Waals surface area contributed by atoms with Gasteiger partial charge in [-0.3, -0.25) is 0 Å². The average molecular weight is 110 g/mol. The molecule has 0 saturated heterocycles. The molecule has 0 bridgehead atoms. The monoisotopic (exact) mass is 110 g/mol. The van der Waals surface area contributed by atoms with E-state index in [1.807, 2.05) is 0 Å². The molecule has 1 aromatic rings. The largest absolute Gasteiger partial charge is 0.350 e. The first-order valence-corrected chi connectivity index (χ1v) is 2.07. The van der Waals surface area contributed by atoms with Gasteiger partial charge in [-0.25, -0.2) is 4.39 Å². The number of H-pyrrole nitrogens is 1. The highest BCUT2D eigenvalue weighted by Crippen LogP contribution is 1.97. The number of halogens is 1. The fourth-order valence-corrected chi connectivity index (χ4v) is 0.432. The molecule has 0 radical (unpaired) electrons. The number of nitrogens with zero attached hydrogens (tertiary/aromatic N) is 1. The van der Waals surface area contributed by atoms with E-state index in [4.69, 9.17) is 5.26 Å². The fourth-order valence-electron chi connectivity index (χ4n) is 0.432. The van der Waals surface area contributed by atoms with Crippen molar-refractivity contribution in [2.75, 3.05) is 0 Å². The van der Waals surface area contributed by atoms with Crippen molar-refractivity contribution < 1.29 is 4.39 Å². The first-order valence-electron chi connectivity index (χ1n) is 2.07. The third-order valence-electron chi connectivity index (χ3n) is 0.768. The van der Waals surface area contributed by atoms with E-state index in [-0.39, 0.29) is 5.69 Å². The van der Waals surface area contributed by atoms with Crippen molar-refractivity contribution in [2.24, 2.45) is 0 Å².